The van der Waals surface area contributed by atoms with E-state index in [0.717, 1.165) is 39.2 Å². The Balaban J connectivity index is 1.12. The lowest BCUT2D eigenvalue weighted by Gasteiger charge is -2.19. The van der Waals surface area contributed by atoms with Gasteiger partial charge in [0.1, 0.15) is 0 Å². The van der Waals surface area contributed by atoms with E-state index in [9.17, 15) is 0 Å². The molecule has 0 saturated carbocycles. The summed E-state index contributed by atoms with van der Waals surface area (Å²) in [5, 5.41) is 0. The van der Waals surface area contributed by atoms with Crippen molar-refractivity contribution >= 4 is 0 Å². The Labute approximate surface area is 316 Å². The quantitative estimate of drug-likeness (QED) is 0.159. The minimum atomic E-state index is 0.713. The van der Waals surface area contributed by atoms with Crippen molar-refractivity contribution in [2.24, 2.45) is 0 Å². The number of aromatic nitrogens is 2. The lowest BCUT2D eigenvalue weighted by Crippen LogP contribution is -1.96. The topological polar surface area (TPSA) is 25.8 Å². The molecule has 8 aromatic carbocycles. The Hall–Kier alpha value is -7.16. The highest BCUT2D eigenvalue weighted by Crippen LogP contribution is 2.43. The monoisotopic (exact) mass is 688 g/mol. The molecule has 9 rings (SSSR count). The predicted molar refractivity (Wildman–Crippen MR) is 226 cm³/mol. The van der Waals surface area contributed by atoms with Crippen molar-refractivity contribution in [3.63, 3.8) is 0 Å². The van der Waals surface area contributed by atoms with Crippen LogP contribution in [-0.4, -0.2) is 9.97 Å². The molecule has 0 aliphatic carbocycles. The van der Waals surface area contributed by atoms with Gasteiger partial charge in [0.05, 0.1) is 11.4 Å². The molecule has 0 fully saturated rings. The zero-order valence-electron chi connectivity index (χ0n) is 29.7. The van der Waals surface area contributed by atoms with E-state index < -0.39 is 0 Å². The third kappa shape index (κ3) is 6.77. The number of benzene rings is 8. The third-order valence-corrected chi connectivity index (χ3v) is 9.91. The Bertz CT molecular complexity index is 2540. The Morgan fingerprint density at radius 1 is 0.222 bits per heavy atom. The summed E-state index contributed by atoms with van der Waals surface area (Å²) in [5.74, 6) is 0.713. The largest absolute Gasteiger partial charge is 0.228 e. The van der Waals surface area contributed by atoms with E-state index in [1.165, 1.54) is 44.5 Å². The van der Waals surface area contributed by atoms with Crippen LogP contribution in [0.4, 0.5) is 0 Å². The molecule has 0 saturated heterocycles. The normalized spacial score (nSPS) is 11.0. The molecule has 0 bridgehead atoms. The van der Waals surface area contributed by atoms with Gasteiger partial charge in [0, 0.05) is 16.7 Å². The molecule has 0 atom stereocenters. The van der Waals surface area contributed by atoms with E-state index in [1.54, 1.807) is 0 Å². The molecule has 254 valence electrons. The van der Waals surface area contributed by atoms with Crippen molar-refractivity contribution in [3.05, 3.63) is 218 Å². The molecule has 0 aliphatic heterocycles. The number of nitrogens with zero attached hydrogens (tertiary/aromatic N) is 2. The SMILES string of the molecule is c1ccc(-c2cc(-c3cccc(-c4ccc(-c5cc(-c6ccccc6)c(-c6ccccc6)c(-c6ccccc6)c5)cc4)c3)nc(-c3ccccc3)n2)cc1. The van der Waals surface area contributed by atoms with Crippen molar-refractivity contribution in [1.29, 1.82) is 0 Å². The molecule has 0 radical (unpaired) electrons. The average molecular weight is 689 g/mol. The van der Waals surface area contributed by atoms with Crippen LogP contribution >= 0.6 is 0 Å². The first-order chi connectivity index (χ1) is 26.8. The van der Waals surface area contributed by atoms with Gasteiger partial charge in [0.25, 0.3) is 0 Å². The van der Waals surface area contributed by atoms with Crippen LogP contribution in [0.25, 0.3) is 89.5 Å². The summed E-state index contributed by atoms with van der Waals surface area (Å²) >= 11 is 0. The van der Waals surface area contributed by atoms with Gasteiger partial charge in [0.2, 0.25) is 0 Å². The average Bonchev–Trinajstić information content (AvgIpc) is 3.27. The molecular weight excluding hydrogens is 653 g/mol. The Morgan fingerprint density at radius 3 is 1.13 bits per heavy atom. The van der Waals surface area contributed by atoms with Gasteiger partial charge in [-0.05, 0) is 79.9 Å². The molecule has 54 heavy (non-hydrogen) atoms. The highest BCUT2D eigenvalue weighted by atomic mass is 14.9. The van der Waals surface area contributed by atoms with Crippen LogP contribution in [0.15, 0.2) is 218 Å². The fraction of sp³-hybridized carbons (Fsp3) is 0. The van der Waals surface area contributed by atoms with Crippen molar-refractivity contribution < 1.29 is 0 Å². The fourth-order valence-electron chi connectivity index (χ4n) is 7.20. The van der Waals surface area contributed by atoms with Crippen molar-refractivity contribution in [2.45, 2.75) is 0 Å². The van der Waals surface area contributed by atoms with Gasteiger partial charge >= 0.3 is 0 Å². The van der Waals surface area contributed by atoms with Gasteiger partial charge in [0.15, 0.2) is 5.82 Å². The molecule has 0 aliphatic rings. The minimum absolute atomic E-state index is 0.713. The van der Waals surface area contributed by atoms with Crippen molar-refractivity contribution in [2.75, 3.05) is 0 Å². The molecule has 0 amide bonds. The first kappa shape index (κ1) is 32.7. The van der Waals surface area contributed by atoms with E-state index in [4.69, 9.17) is 9.97 Å². The third-order valence-electron chi connectivity index (χ3n) is 9.91. The van der Waals surface area contributed by atoms with Gasteiger partial charge in [-0.15, -0.1) is 0 Å². The van der Waals surface area contributed by atoms with Crippen LogP contribution in [0.5, 0.6) is 0 Å². The van der Waals surface area contributed by atoms with E-state index >= 15 is 0 Å². The molecule has 1 heterocycles. The summed E-state index contributed by atoms with van der Waals surface area (Å²) in [6.45, 7) is 0. The standard InChI is InChI=1S/C52H36N2/c1-6-17-39(18-7-1)47-34-46(35-48(40-19-8-2-9-20-40)51(47)42-23-12-4-13-24-42)38-31-29-37(30-32-38)44-27-16-28-45(33-44)50-36-49(41-21-10-3-11-22-41)53-52(54-50)43-25-14-5-15-26-43/h1-36H. The van der Waals surface area contributed by atoms with Crippen molar-refractivity contribution in [1.82, 2.24) is 9.97 Å². The van der Waals surface area contributed by atoms with Gasteiger partial charge in [-0.25, -0.2) is 9.97 Å². The zero-order chi connectivity index (χ0) is 36.1. The molecule has 0 N–H and O–H groups in total. The summed E-state index contributed by atoms with van der Waals surface area (Å²) in [6.07, 6.45) is 0. The second-order valence-corrected chi connectivity index (χ2v) is 13.4. The smallest absolute Gasteiger partial charge is 0.160 e. The maximum Gasteiger partial charge on any atom is 0.160 e. The summed E-state index contributed by atoms with van der Waals surface area (Å²) < 4.78 is 0. The molecule has 2 heteroatoms. The second-order valence-electron chi connectivity index (χ2n) is 13.4. The number of hydrogen-bond acceptors (Lipinski definition) is 2. The zero-order valence-corrected chi connectivity index (χ0v) is 29.7. The van der Waals surface area contributed by atoms with Crippen LogP contribution in [0, 0.1) is 0 Å². The molecule has 0 spiro atoms. The first-order valence-corrected chi connectivity index (χ1v) is 18.3. The lowest BCUT2D eigenvalue weighted by molar-refractivity contribution is 1.18. The second kappa shape index (κ2) is 14.8. The van der Waals surface area contributed by atoms with E-state index in [0.29, 0.717) is 5.82 Å². The maximum atomic E-state index is 5.07. The van der Waals surface area contributed by atoms with Gasteiger partial charge in [-0.3, -0.25) is 0 Å². The van der Waals surface area contributed by atoms with Gasteiger partial charge in [-0.1, -0.05) is 194 Å². The van der Waals surface area contributed by atoms with Crippen LogP contribution in [0.1, 0.15) is 0 Å². The number of rotatable bonds is 8. The predicted octanol–water partition coefficient (Wildman–Crippen LogP) is 13.8. The van der Waals surface area contributed by atoms with Crippen LogP contribution in [0.3, 0.4) is 0 Å². The maximum absolute atomic E-state index is 5.07. The summed E-state index contributed by atoms with van der Waals surface area (Å²) in [6, 6.07) is 77.1. The van der Waals surface area contributed by atoms with Crippen molar-refractivity contribution in [3.8, 4) is 89.5 Å². The molecule has 0 unspecified atom stereocenters. The highest BCUT2D eigenvalue weighted by Gasteiger charge is 2.17. The van der Waals surface area contributed by atoms with E-state index in [1.807, 2.05) is 36.4 Å². The number of hydrogen-bond donors (Lipinski definition) is 0. The lowest BCUT2D eigenvalue weighted by atomic mass is 9.84. The van der Waals surface area contributed by atoms with Crippen LogP contribution in [-0.2, 0) is 0 Å². The molecule has 9 aromatic rings. The van der Waals surface area contributed by atoms with Crippen LogP contribution in [0.2, 0.25) is 0 Å². The molecule has 1 aromatic heterocycles. The summed E-state index contributed by atoms with van der Waals surface area (Å²) in [4.78, 5) is 10.1. The van der Waals surface area contributed by atoms with Gasteiger partial charge in [-0.2, -0.15) is 0 Å². The molecule has 2 nitrogen and oxygen atoms in total. The fourth-order valence-corrected chi connectivity index (χ4v) is 7.20. The minimum Gasteiger partial charge on any atom is -0.228 e. The highest BCUT2D eigenvalue weighted by molar-refractivity contribution is 5.97. The molecular formula is C52H36N2. The van der Waals surface area contributed by atoms with E-state index in [-0.39, 0.29) is 0 Å². The van der Waals surface area contributed by atoms with E-state index in [2.05, 4.69) is 182 Å². The van der Waals surface area contributed by atoms with Gasteiger partial charge < -0.3 is 0 Å². The summed E-state index contributed by atoms with van der Waals surface area (Å²) in [7, 11) is 0. The first-order valence-electron chi connectivity index (χ1n) is 18.3. The summed E-state index contributed by atoms with van der Waals surface area (Å²) in [5.41, 5.74) is 16.8. The Kier molecular flexibility index (Phi) is 8.99. The van der Waals surface area contributed by atoms with Crippen LogP contribution < -0.4 is 0 Å². The Morgan fingerprint density at radius 2 is 0.611 bits per heavy atom.